The van der Waals surface area contributed by atoms with Crippen molar-refractivity contribution in [2.45, 2.75) is 36.2 Å². The minimum Gasteiger partial charge on any atom is -0.496 e. The molecular weight excluding hydrogens is 318 g/mol. The van der Waals surface area contributed by atoms with Gasteiger partial charge < -0.3 is 15.2 Å². The van der Waals surface area contributed by atoms with Gasteiger partial charge in [-0.3, -0.25) is 0 Å². The maximum absolute atomic E-state index is 10.2. The van der Waals surface area contributed by atoms with E-state index in [4.69, 9.17) is 4.74 Å². The lowest BCUT2D eigenvalue weighted by Crippen LogP contribution is -2.47. The molecule has 0 aliphatic heterocycles. The van der Waals surface area contributed by atoms with Crippen molar-refractivity contribution in [2.24, 2.45) is 0 Å². The Bertz CT molecular complexity index is 704. The highest BCUT2D eigenvalue weighted by Gasteiger charge is 2.35. The van der Waals surface area contributed by atoms with Crippen LogP contribution in [0.1, 0.15) is 29.5 Å². The smallest absolute Gasteiger partial charge is 0.132 e. The first-order chi connectivity index (χ1) is 11.7. The summed E-state index contributed by atoms with van der Waals surface area (Å²) in [5, 5.41) is 13.8. The van der Waals surface area contributed by atoms with Crippen LogP contribution in [0.15, 0.2) is 47.4 Å². The number of benzene rings is 2. The fraction of sp³-hybridized carbons (Fsp3) is 0.400. The van der Waals surface area contributed by atoms with E-state index in [1.807, 2.05) is 0 Å². The van der Waals surface area contributed by atoms with Gasteiger partial charge >= 0.3 is 0 Å². The van der Waals surface area contributed by atoms with Gasteiger partial charge in [0.25, 0.3) is 0 Å². The van der Waals surface area contributed by atoms with Gasteiger partial charge in [-0.05, 0) is 54.3 Å². The van der Waals surface area contributed by atoms with Crippen LogP contribution in [0.5, 0.6) is 5.75 Å². The van der Waals surface area contributed by atoms with E-state index in [0.29, 0.717) is 6.54 Å². The number of aliphatic hydroxyl groups excluding tert-OH is 1. The van der Waals surface area contributed by atoms with Gasteiger partial charge in [-0.1, -0.05) is 30.3 Å². The molecule has 0 aromatic heterocycles. The van der Waals surface area contributed by atoms with Crippen LogP contribution < -0.4 is 10.1 Å². The standard InChI is InChI=1S/C20H25NO2S/c1-23-18-12-15(9-10-19(18)24-2)13-21-20(14-22)11-5-7-16-6-3-4-8-17(16)20/h3-4,6,8-10,12,21-22H,5,7,11,13-14H2,1-2H3/t20-/m1/s1. The number of hydrogen-bond acceptors (Lipinski definition) is 4. The Morgan fingerprint density at radius 2 is 2.08 bits per heavy atom. The van der Waals surface area contributed by atoms with Gasteiger partial charge in [-0.25, -0.2) is 0 Å². The highest BCUT2D eigenvalue weighted by atomic mass is 32.2. The van der Waals surface area contributed by atoms with Gasteiger partial charge in [0.2, 0.25) is 0 Å². The minimum atomic E-state index is -0.347. The third-order valence-corrected chi connectivity index (χ3v) is 5.71. The third kappa shape index (κ3) is 3.32. The Morgan fingerprint density at radius 3 is 2.83 bits per heavy atom. The molecule has 2 N–H and O–H groups in total. The van der Waals surface area contributed by atoms with E-state index in [-0.39, 0.29) is 12.1 Å². The molecule has 2 aromatic carbocycles. The molecule has 0 heterocycles. The molecule has 4 heteroatoms. The fourth-order valence-electron chi connectivity index (χ4n) is 3.59. The molecular formula is C20H25NO2S. The van der Waals surface area contributed by atoms with Crippen molar-refractivity contribution in [1.29, 1.82) is 0 Å². The molecule has 0 bridgehead atoms. The van der Waals surface area contributed by atoms with Crippen LogP contribution in [0.4, 0.5) is 0 Å². The predicted octanol–water partition coefficient (Wildman–Crippen LogP) is 3.73. The van der Waals surface area contributed by atoms with E-state index in [1.165, 1.54) is 16.7 Å². The number of ether oxygens (including phenoxy) is 1. The molecule has 3 nitrogen and oxygen atoms in total. The molecule has 0 spiro atoms. The molecule has 0 radical (unpaired) electrons. The highest BCUT2D eigenvalue weighted by Crippen LogP contribution is 2.35. The van der Waals surface area contributed by atoms with E-state index in [2.05, 4.69) is 54.0 Å². The van der Waals surface area contributed by atoms with Crippen LogP contribution in [0, 0.1) is 0 Å². The second-order valence-corrected chi connectivity index (χ2v) is 7.14. The zero-order chi connectivity index (χ0) is 17.0. The average molecular weight is 343 g/mol. The number of aliphatic hydroxyl groups is 1. The van der Waals surface area contributed by atoms with Crippen LogP contribution in [-0.2, 0) is 18.5 Å². The fourth-order valence-corrected chi connectivity index (χ4v) is 4.13. The van der Waals surface area contributed by atoms with Crippen LogP contribution in [0.2, 0.25) is 0 Å². The number of thioether (sulfide) groups is 1. The predicted molar refractivity (Wildman–Crippen MR) is 99.8 cm³/mol. The van der Waals surface area contributed by atoms with Crippen molar-refractivity contribution in [3.8, 4) is 5.75 Å². The SMILES string of the molecule is COc1cc(CN[C@@]2(CO)CCCc3ccccc32)ccc1SC. The second-order valence-electron chi connectivity index (χ2n) is 6.29. The molecule has 24 heavy (non-hydrogen) atoms. The summed E-state index contributed by atoms with van der Waals surface area (Å²) < 4.78 is 5.48. The average Bonchev–Trinajstić information content (AvgIpc) is 2.66. The molecule has 0 fully saturated rings. The molecule has 1 aliphatic carbocycles. The maximum atomic E-state index is 10.2. The zero-order valence-corrected chi connectivity index (χ0v) is 15.2. The Hall–Kier alpha value is -1.49. The van der Waals surface area contributed by atoms with Gasteiger partial charge in [0.05, 0.1) is 19.3 Å². The molecule has 1 atom stereocenters. The second kappa shape index (κ2) is 7.60. The number of hydrogen-bond donors (Lipinski definition) is 2. The number of rotatable bonds is 6. The highest BCUT2D eigenvalue weighted by molar-refractivity contribution is 7.98. The van der Waals surface area contributed by atoms with Crippen LogP contribution >= 0.6 is 11.8 Å². The summed E-state index contributed by atoms with van der Waals surface area (Å²) in [5.74, 6) is 0.906. The summed E-state index contributed by atoms with van der Waals surface area (Å²) in [6.07, 6.45) is 5.20. The molecule has 1 aliphatic rings. The normalized spacial score (nSPS) is 19.8. The first kappa shape index (κ1) is 17.3. The van der Waals surface area contributed by atoms with Crippen molar-refractivity contribution in [3.05, 3.63) is 59.2 Å². The molecule has 2 aromatic rings. The van der Waals surface area contributed by atoms with E-state index < -0.39 is 0 Å². The largest absolute Gasteiger partial charge is 0.496 e. The quantitative estimate of drug-likeness (QED) is 0.784. The molecule has 0 saturated carbocycles. The summed E-state index contributed by atoms with van der Waals surface area (Å²) in [7, 11) is 1.71. The maximum Gasteiger partial charge on any atom is 0.132 e. The zero-order valence-electron chi connectivity index (χ0n) is 14.3. The Kier molecular flexibility index (Phi) is 5.49. The number of methoxy groups -OCH3 is 1. The first-order valence-corrected chi connectivity index (χ1v) is 9.60. The van der Waals surface area contributed by atoms with Crippen molar-refractivity contribution in [2.75, 3.05) is 20.0 Å². The van der Waals surface area contributed by atoms with Gasteiger partial charge in [0.1, 0.15) is 5.75 Å². The topological polar surface area (TPSA) is 41.5 Å². The summed E-state index contributed by atoms with van der Waals surface area (Å²) in [6.45, 7) is 0.823. The third-order valence-electron chi connectivity index (χ3n) is 4.93. The molecule has 0 saturated heterocycles. The van der Waals surface area contributed by atoms with E-state index >= 15 is 0 Å². The van der Waals surface area contributed by atoms with E-state index in [0.717, 1.165) is 29.9 Å². The van der Waals surface area contributed by atoms with Gasteiger partial charge in [0, 0.05) is 11.4 Å². The summed E-state index contributed by atoms with van der Waals surface area (Å²) in [6, 6.07) is 14.8. The molecule has 128 valence electrons. The van der Waals surface area contributed by atoms with Crippen LogP contribution in [0.3, 0.4) is 0 Å². The Balaban J connectivity index is 1.83. The lowest BCUT2D eigenvalue weighted by Gasteiger charge is -2.39. The Morgan fingerprint density at radius 1 is 1.25 bits per heavy atom. The van der Waals surface area contributed by atoms with E-state index in [9.17, 15) is 5.11 Å². The number of fused-ring (bicyclic) bond motifs is 1. The number of aryl methyl sites for hydroxylation is 1. The van der Waals surface area contributed by atoms with Gasteiger partial charge in [0.15, 0.2) is 0 Å². The van der Waals surface area contributed by atoms with Crippen molar-refractivity contribution < 1.29 is 9.84 Å². The summed E-state index contributed by atoms with van der Waals surface area (Å²) in [5.41, 5.74) is 3.41. The van der Waals surface area contributed by atoms with Crippen LogP contribution in [0.25, 0.3) is 0 Å². The van der Waals surface area contributed by atoms with Crippen LogP contribution in [-0.4, -0.2) is 25.1 Å². The first-order valence-electron chi connectivity index (χ1n) is 8.37. The number of nitrogens with one attached hydrogen (secondary N) is 1. The lowest BCUT2D eigenvalue weighted by molar-refractivity contribution is 0.140. The van der Waals surface area contributed by atoms with Crippen molar-refractivity contribution in [3.63, 3.8) is 0 Å². The van der Waals surface area contributed by atoms with Gasteiger partial charge in [-0.15, -0.1) is 11.8 Å². The molecule has 0 amide bonds. The Labute approximate surface area is 148 Å². The molecule has 0 unspecified atom stereocenters. The summed E-state index contributed by atoms with van der Waals surface area (Å²) >= 11 is 1.68. The van der Waals surface area contributed by atoms with Gasteiger partial charge in [-0.2, -0.15) is 0 Å². The molecule has 3 rings (SSSR count). The lowest BCUT2D eigenvalue weighted by atomic mass is 9.77. The van der Waals surface area contributed by atoms with Crippen molar-refractivity contribution in [1.82, 2.24) is 5.32 Å². The summed E-state index contributed by atoms with van der Waals surface area (Å²) in [4.78, 5) is 1.14. The minimum absolute atomic E-state index is 0.115. The van der Waals surface area contributed by atoms with E-state index in [1.54, 1.807) is 18.9 Å². The van der Waals surface area contributed by atoms with Crippen molar-refractivity contribution >= 4 is 11.8 Å². The monoisotopic (exact) mass is 343 g/mol.